The largest absolute Gasteiger partial charge is 0.493 e. The Morgan fingerprint density at radius 3 is 2.38 bits per heavy atom. The van der Waals surface area contributed by atoms with Crippen LogP contribution in [0.4, 0.5) is 5.69 Å². The number of aryl methyl sites for hydroxylation is 1. The molecule has 0 saturated heterocycles. The number of rotatable bonds is 7. The van der Waals surface area contributed by atoms with Crippen LogP contribution in [0.3, 0.4) is 0 Å². The lowest BCUT2D eigenvalue weighted by Crippen LogP contribution is -2.46. The number of nitrogens with one attached hydrogen (secondary N) is 2. The molecule has 0 spiro atoms. The van der Waals surface area contributed by atoms with E-state index in [9.17, 15) is 4.79 Å². The van der Waals surface area contributed by atoms with Gasteiger partial charge in [0.05, 0.1) is 14.2 Å². The lowest BCUT2D eigenvalue weighted by Gasteiger charge is -2.29. The van der Waals surface area contributed by atoms with E-state index in [4.69, 9.17) is 9.47 Å². The van der Waals surface area contributed by atoms with Crippen LogP contribution >= 0.6 is 0 Å². The summed E-state index contributed by atoms with van der Waals surface area (Å²) in [6.45, 7) is 6.06. The van der Waals surface area contributed by atoms with Gasteiger partial charge in [-0.15, -0.1) is 0 Å². The third-order valence-electron chi connectivity index (χ3n) is 6.30. The number of carbonyl (C=O) groups excluding carboxylic acids is 1. The minimum Gasteiger partial charge on any atom is -0.493 e. The smallest absolute Gasteiger partial charge is 0.242 e. The molecule has 0 aliphatic heterocycles. The van der Waals surface area contributed by atoms with Gasteiger partial charge in [-0.05, 0) is 69.4 Å². The normalized spacial score (nSPS) is 26.3. The van der Waals surface area contributed by atoms with Gasteiger partial charge >= 0.3 is 0 Å². The SMILES string of the molecule is COc1cc(C)c(NC(C)C(=O)NC(C)C2CC3CCC2C3)cc1OC. The maximum atomic E-state index is 12.7. The summed E-state index contributed by atoms with van der Waals surface area (Å²) in [6, 6.07) is 3.74. The van der Waals surface area contributed by atoms with Crippen LogP contribution in [-0.4, -0.2) is 32.2 Å². The summed E-state index contributed by atoms with van der Waals surface area (Å²) in [5, 5.41) is 6.56. The molecule has 1 amide bonds. The molecule has 2 bridgehead atoms. The molecule has 5 unspecified atom stereocenters. The average Bonchev–Trinajstić information content (AvgIpc) is 3.26. The van der Waals surface area contributed by atoms with Crippen molar-refractivity contribution in [2.75, 3.05) is 19.5 Å². The molecule has 144 valence electrons. The predicted octanol–water partition coefficient (Wildman–Crippen LogP) is 3.75. The van der Waals surface area contributed by atoms with E-state index in [0.717, 1.165) is 23.1 Å². The second kappa shape index (κ2) is 7.77. The molecule has 5 nitrogen and oxygen atoms in total. The Labute approximate surface area is 156 Å². The van der Waals surface area contributed by atoms with Crippen LogP contribution in [0, 0.1) is 24.7 Å². The quantitative estimate of drug-likeness (QED) is 0.777. The summed E-state index contributed by atoms with van der Waals surface area (Å²) in [4.78, 5) is 12.7. The van der Waals surface area contributed by atoms with E-state index in [1.165, 1.54) is 25.7 Å². The van der Waals surface area contributed by atoms with Gasteiger partial charge in [0.15, 0.2) is 11.5 Å². The molecule has 2 fully saturated rings. The Bertz CT molecular complexity index is 661. The maximum absolute atomic E-state index is 12.7. The molecule has 3 rings (SSSR count). The average molecular weight is 360 g/mol. The van der Waals surface area contributed by atoms with Crippen molar-refractivity contribution in [3.63, 3.8) is 0 Å². The topological polar surface area (TPSA) is 59.6 Å². The molecule has 0 aromatic heterocycles. The molecule has 2 N–H and O–H groups in total. The number of hydrogen-bond acceptors (Lipinski definition) is 4. The first-order valence-corrected chi connectivity index (χ1v) is 9.72. The summed E-state index contributed by atoms with van der Waals surface area (Å²) in [7, 11) is 3.24. The highest BCUT2D eigenvalue weighted by Crippen LogP contribution is 2.49. The summed E-state index contributed by atoms with van der Waals surface area (Å²) in [5.74, 6) is 3.75. The van der Waals surface area contributed by atoms with Gasteiger partial charge in [-0.25, -0.2) is 0 Å². The molecule has 2 saturated carbocycles. The van der Waals surface area contributed by atoms with Gasteiger partial charge in [-0.3, -0.25) is 4.79 Å². The lowest BCUT2D eigenvalue weighted by molar-refractivity contribution is -0.122. The van der Waals surface area contributed by atoms with Crippen molar-refractivity contribution in [3.8, 4) is 11.5 Å². The van der Waals surface area contributed by atoms with E-state index in [0.29, 0.717) is 17.4 Å². The second-order valence-corrected chi connectivity index (χ2v) is 8.02. The Hall–Kier alpha value is -1.91. The first-order chi connectivity index (χ1) is 12.4. The van der Waals surface area contributed by atoms with Gasteiger partial charge in [-0.2, -0.15) is 0 Å². The Morgan fingerprint density at radius 2 is 1.81 bits per heavy atom. The van der Waals surface area contributed by atoms with Crippen LogP contribution in [0.25, 0.3) is 0 Å². The fourth-order valence-electron chi connectivity index (χ4n) is 4.80. The zero-order chi connectivity index (χ0) is 18.8. The van der Waals surface area contributed by atoms with Crippen molar-refractivity contribution >= 4 is 11.6 Å². The first kappa shape index (κ1) is 18.9. The van der Waals surface area contributed by atoms with Crippen molar-refractivity contribution in [3.05, 3.63) is 17.7 Å². The molecular formula is C21H32N2O3. The van der Waals surface area contributed by atoms with Gasteiger partial charge in [0.1, 0.15) is 6.04 Å². The van der Waals surface area contributed by atoms with E-state index in [1.54, 1.807) is 14.2 Å². The maximum Gasteiger partial charge on any atom is 0.242 e. The third-order valence-corrected chi connectivity index (χ3v) is 6.30. The van der Waals surface area contributed by atoms with Gasteiger partial charge in [0, 0.05) is 17.8 Å². The number of carbonyl (C=O) groups is 1. The molecule has 2 aliphatic rings. The zero-order valence-corrected chi connectivity index (χ0v) is 16.6. The highest BCUT2D eigenvalue weighted by atomic mass is 16.5. The number of ether oxygens (including phenoxy) is 2. The van der Waals surface area contributed by atoms with Crippen LogP contribution in [0.2, 0.25) is 0 Å². The molecule has 5 heteroatoms. The Morgan fingerprint density at radius 1 is 1.12 bits per heavy atom. The van der Waals surface area contributed by atoms with E-state index >= 15 is 0 Å². The summed E-state index contributed by atoms with van der Waals surface area (Å²) >= 11 is 0. The molecule has 1 aromatic rings. The highest BCUT2D eigenvalue weighted by molar-refractivity contribution is 5.85. The summed E-state index contributed by atoms with van der Waals surface area (Å²) < 4.78 is 10.7. The van der Waals surface area contributed by atoms with E-state index in [-0.39, 0.29) is 18.0 Å². The van der Waals surface area contributed by atoms with Crippen LogP contribution in [0.5, 0.6) is 11.5 Å². The minimum absolute atomic E-state index is 0.0504. The number of benzene rings is 1. The molecule has 1 aromatic carbocycles. The predicted molar refractivity (Wildman–Crippen MR) is 104 cm³/mol. The van der Waals surface area contributed by atoms with E-state index in [1.807, 2.05) is 26.0 Å². The van der Waals surface area contributed by atoms with Crippen molar-refractivity contribution in [2.45, 2.75) is 58.5 Å². The molecular weight excluding hydrogens is 328 g/mol. The molecule has 26 heavy (non-hydrogen) atoms. The number of fused-ring (bicyclic) bond motifs is 2. The monoisotopic (exact) mass is 360 g/mol. The van der Waals surface area contributed by atoms with Gasteiger partial charge in [0.25, 0.3) is 0 Å². The second-order valence-electron chi connectivity index (χ2n) is 8.02. The number of hydrogen-bond donors (Lipinski definition) is 2. The highest BCUT2D eigenvalue weighted by Gasteiger charge is 2.42. The standard InChI is InChI=1S/C21H32N2O3/c1-12-8-19(25-4)20(26-5)11-18(12)22-14(3)21(24)23-13(2)17-10-15-6-7-16(17)9-15/h8,11,13-17,22H,6-7,9-10H2,1-5H3,(H,23,24). The Balaban J connectivity index is 1.60. The van der Waals surface area contributed by atoms with Crippen LogP contribution in [0.15, 0.2) is 12.1 Å². The minimum atomic E-state index is -0.312. The van der Waals surface area contributed by atoms with Crippen LogP contribution in [-0.2, 0) is 4.79 Å². The molecule has 0 radical (unpaired) electrons. The fraction of sp³-hybridized carbons (Fsp3) is 0.667. The van der Waals surface area contributed by atoms with E-state index in [2.05, 4.69) is 17.6 Å². The molecule has 5 atom stereocenters. The van der Waals surface area contributed by atoms with Crippen molar-refractivity contribution < 1.29 is 14.3 Å². The van der Waals surface area contributed by atoms with Gasteiger partial charge in [0.2, 0.25) is 5.91 Å². The van der Waals surface area contributed by atoms with Crippen molar-refractivity contribution in [1.82, 2.24) is 5.32 Å². The van der Waals surface area contributed by atoms with E-state index < -0.39 is 0 Å². The van der Waals surface area contributed by atoms with Crippen LogP contribution < -0.4 is 20.1 Å². The lowest BCUT2D eigenvalue weighted by atomic mass is 9.84. The molecule has 0 heterocycles. The van der Waals surface area contributed by atoms with Crippen molar-refractivity contribution in [2.24, 2.45) is 17.8 Å². The molecule has 2 aliphatic carbocycles. The van der Waals surface area contributed by atoms with Crippen LogP contribution in [0.1, 0.15) is 45.1 Å². The Kier molecular flexibility index (Phi) is 5.64. The third kappa shape index (κ3) is 3.76. The number of anilines is 1. The summed E-state index contributed by atoms with van der Waals surface area (Å²) in [6.07, 6.45) is 5.37. The summed E-state index contributed by atoms with van der Waals surface area (Å²) in [5.41, 5.74) is 1.90. The van der Waals surface area contributed by atoms with Gasteiger partial charge in [-0.1, -0.05) is 6.42 Å². The van der Waals surface area contributed by atoms with Gasteiger partial charge < -0.3 is 20.1 Å². The number of amides is 1. The fourth-order valence-corrected chi connectivity index (χ4v) is 4.80. The van der Waals surface area contributed by atoms with Crippen molar-refractivity contribution in [1.29, 1.82) is 0 Å². The first-order valence-electron chi connectivity index (χ1n) is 9.72. The zero-order valence-electron chi connectivity index (χ0n) is 16.6. The number of methoxy groups -OCH3 is 2.